The van der Waals surface area contributed by atoms with Crippen LogP contribution in [0, 0.1) is 6.92 Å². The highest BCUT2D eigenvalue weighted by Gasteiger charge is 2.37. The summed E-state index contributed by atoms with van der Waals surface area (Å²) >= 11 is 1.31. The van der Waals surface area contributed by atoms with Crippen LogP contribution in [0.2, 0.25) is 0 Å². The van der Waals surface area contributed by atoms with Gasteiger partial charge in [0.2, 0.25) is 0 Å². The number of aryl methyl sites for hydroxylation is 1. The average molecular weight is 378 g/mol. The maximum atomic E-state index is 13.2. The van der Waals surface area contributed by atoms with Gasteiger partial charge in [0.25, 0.3) is 5.91 Å². The summed E-state index contributed by atoms with van der Waals surface area (Å²) in [5, 5.41) is 10.6. The molecule has 1 unspecified atom stereocenters. The molecule has 1 atom stereocenters. The molecule has 1 amide bonds. The molecule has 0 radical (unpaired) electrons. The highest BCUT2D eigenvalue weighted by atomic mass is 32.1. The van der Waals surface area contributed by atoms with E-state index < -0.39 is 12.0 Å². The summed E-state index contributed by atoms with van der Waals surface area (Å²) in [6.07, 6.45) is 0.648. The van der Waals surface area contributed by atoms with E-state index >= 15 is 0 Å². The number of fused-ring (bicyclic) bond motifs is 1. The third-order valence-electron chi connectivity index (χ3n) is 4.79. The fraction of sp³-hybridized carbons (Fsp3) is 0.190. The molecule has 4 rings (SSSR count). The Morgan fingerprint density at radius 3 is 2.56 bits per heavy atom. The third-order valence-corrected chi connectivity index (χ3v) is 5.98. The van der Waals surface area contributed by atoms with Crippen molar-refractivity contribution in [2.24, 2.45) is 0 Å². The Morgan fingerprint density at radius 2 is 1.81 bits per heavy atom. The summed E-state index contributed by atoms with van der Waals surface area (Å²) in [6, 6.07) is 16.1. The number of thiazole rings is 1. The average Bonchev–Trinajstić information content (AvgIpc) is 3.08. The first-order valence-corrected chi connectivity index (χ1v) is 9.52. The molecule has 2 heterocycles. The fourth-order valence-corrected chi connectivity index (χ4v) is 4.51. The lowest BCUT2D eigenvalue weighted by Crippen LogP contribution is -2.43. The van der Waals surface area contributed by atoms with Crippen LogP contribution in [0.5, 0.6) is 0 Å². The molecule has 1 aliphatic rings. The SMILES string of the molecule is Cc1nc(-c2ccccc2)sc1C(=O)N1CCc2ccccc2C1C(=O)O. The van der Waals surface area contributed by atoms with Crippen LogP contribution in [0.4, 0.5) is 0 Å². The van der Waals surface area contributed by atoms with Crippen molar-refractivity contribution >= 4 is 23.2 Å². The van der Waals surface area contributed by atoms with E-state index in [-0.39, 0.29) is 5.91 Å². The van der Waals surface area contributed by atoms with Gasteiger partial charge in [-0.15, -0.1) is 11.3 Å². The van der Waals surface area contributed by atoms with E-state index in [1.54, 1.807) is 13.0 Å². The van der Waals surface area contributed by atoms with Crippen molar-refractivity contribution in [3.63, 3.8) is 0 Å². The van der Waals surface area contributed by atoms with E-state index in [0.29, 0.717) is 29.1 Å². The minimum atomic E-state index is -1.01. The van der Waals surface area contributed by atoms with Gasteiger partial charge in [0.1, 0.15) is 9.88 Å². The van der Waals surface area contributed by atoms with Crippen molar-refractivity contribution in [2.75, 3.05) is 6.54 Å². The molecule has 1 aromatic heterocycles. The molecular formula is C21H18N2O3S. The molecule has 3 aromatic rings. The van der Waals surface area contributed by atoms with Gasteiger partial charge < -0.3 is 10.0 Å². The summed E-state index contributed by atoms with van der Waals surface area (Å²) in [6.45, 7) is 2.18. The number of amides is 1. The van der Waals surface area contributed by atoms with Crippen LogP contribution >= 0.6 is 11.3 Å². The van der Waals surface area contributed by atoms with Crippen molar-refractivity contribution in [1.82, 2.24) is 9.88 Å². The maximum Gasteiger partial charge on any atom is 0.331 e. The Bertz CT molecular complexity index is 1010. The van der Waals surface area contributed by atoms with Crippen molar-refractivity contribution in [1.29, 1.82) is 0 Å². The number of aromatic nitrogens is 1. The summed E-state index contributed by atoms with van der Waals surface area (Å²) < 4.78 is 0. The molecular weight excluding hydrogens is 360 g/mol. The molecule has 0 fully saturated rings. The molecule has 1 aliphatic heterocycles. The Hall–Kier alpha value is -2.99. The zero-order chi connectivity index (χ0) is 19.0. The van der Waals surface area contributed by atoms with E-state index in [1.807, 2.05) is 48.5 Å². The molecule has 5 nitrogen and oxygen atoms in total. The van der Waals surface area contributed by atoms with Crippen LogP contribution in [0.3, 0.4) is 0 Å². The van der Waals surface area contributed by atoms with E-state index in [2.05, 4.69) is 4.98 Å². The molecule has 0 spiro atoms. The van der Waals surface area contributed by atoms with E-state index in [1.165, 1.54) is 16.2 Å². The maximum absolute atomic E-state index is 13.2. The summed E-state index contributed by atoms with van der Waals surface area (Å²) in [7, 11) is 0. The minimum absolute atomic E-state index is 0.269. The highest BCUT2D eigenvalue weighted by Crippen LogP contribution is 2.34. The highest BCUT2D eigenvalue weighted by molar-refractivity contribution is 7.17. The topological polar surface area (TPSA) is 70.5 Å². The van der Waals surface area contributed by atoms with Crippen LogP contribution in [0.1, 0.15) is 32.5 Å². The molecule has 0 bridgehead atoms. The molecule has 1 N–H and O–H groups in total. The Labute approximate surface area is 160 Å². The van der Waals surface area contributed by atoms with Crippen LogP contribution < -0.4 is 0 Å². The summed E-state index contributed by atoms with van der Waals surface area (Å²) in [4.78, 5) is 31.7. The number of hydrogen-bond acceptors (Lipinski definition) is 4. The van der Waals surface area contributed by atoms with Crippen LogP contribution in [0.25, 0.3) is 10.6 Å². The van der Waals surface area contributed by atoms with Gasteiger partial charge >= 0.3 is 5.97 Å². The second kappa shape index (κ2) is 6.96. The van der Waals surface area contributed by atoms with Gasteiger partial charge in [-0.1, -0.05) is 54.6 Å². The van der Waals surface area contributed by atoms with Gasteiger partial charge in [-0.25, -0.2) is 9.78 Å². The predicted molar refractivity (Wildman–Crippen MR) is 104 cm³/mol. The predicted octanol–water partition coefficient (Wildman–Crippen LogP) is 3.94. The Kier molecular flexibility index (Phi) is 4.49. The van der Waals surface area contributed by atoms with Gasteiger partial charge in [-0.05, 0) is 24.5 Å². The van der Waals surface area contributed by atoms with Crippen molar-refractivity contribution in [2.45, 2.75) is 19.4 Å². The van der Waals surface area contributed by atoms with Crippen LogP contribution in [-0.4, -0.2) is 33.4 Å². The standard InChI is InChI=1S/C21H18N2O3S/c1-13-18(27-19(22-13)15-8-3-2-4-9-15)20(24)23-12-11-14-7-5-6-10-16(14)17(23)21(25)26/h2-10,17H,11-12H2,1H3,(H,25,26). The van der Waals surface area contributed by atoms with Gasteiger partial charge in [-0.3, -0.25) is 4.79 Å². The monoisotopic (exact) mass is 378 g/mol. The number of rotatable bonds is 3. The number of aliphatic carboxylic acids is 1. The molecule has 0 saturated heterocycles. The number of benzene rings is 2. The summed E-state index contributed by atoms with van der Waals surface area (Å²) in [5.74, 6) is -1.28. The first-order valence-electron chi connectivity index (χ1n) is 8.70. The second-order valence-corrected chi connectivity index (χ2v) is 7.49. The lowest BCUT2D eigenvalue weighted by atomic mass is 9.92. The molecule has 2 aromatic carbocycles. The van der Waals surface area contributed by atoms with Crippen molar-refractivity contribution in [3.05, 3.63) is 76.3 Å². The van der Waals surface area contributed by atoms with Crippen LogP contribution in [0.15, 0.2) is 54.6 Å². The molecule has 6 heteroatoms. The lowest BCUT2D eigenvalue weighted by Gasteiger charge is -2.34. The Morgan fingerprint density at radius 1 is 1.11 bits per heavy atom. The number of hydrogen-bond donors (Lipinski definition) is 1. The van der Waals surface area contributed by atoms with Gasteiger partial charge in [0.05, 0.1) is 5.69 Å². The van der Waals surface area contributed by atoms with E-state index in [4.69, 9.17) is 0 Å². The zero-order valence-electron chi connectivity index (χ0n) is 14.8. The van der Waals surface area contributed by atoms with E-state index in [0.717, 1.165) is 16.1 Å². The molecule has 0 saturated carbocycles. The third kappa shape index (κ3) is 3.13. The van der Waals surface area contributed by atoms with Crippen molar-refractivity contribution < 1.29 is 14.7 Å². The fourth-order valence-electron chi connectivity index (χ4n) is 3.48. The van der Waals surface area contributed by atoms with Gasteiger partial charge in [0.15, 0.2) is 6.04 Å². The largest absolute Gasteiger partial charge is 0.479 e. The normalized spacial score (nSPS) is 16.0. The van der Waals surface area contributed by atoms with Crippen LogP contribution in [-0.2, 0) is 11.2 Å². The molecule has 136 valence electrons. The Balaban J connectivity index is 1.71. The first-order chi connectivity index (χ1) is 13.1. The molecule has 27 heavy (non-hydrogen) atoms. The van der Waals surface area contributed by atoms with Gasteiger partial charge in [-0.2, -0.15) is 0 Å². The number of carbonyl (C=O) groups is 2. The number of carboxylic acid groups (broad SMARTS) is 1. The summed E-state index contributed by atoms with van der Waals surface area (Å²) in [5.41, 5.74) is 3.25. The number of carboxylic acids is 1. The second-order valence-electron chi connectivity index (χ2n) is 6.49. The van der Waals surface area contributed by atoms with Crippen molar-refractivity contribution in [3.8, 4) is 10.6 Å². The minimum Gasteiger partial charge on any atom is -0.479 e. The smallest absolute Gasteiger partial charge is 0.331 e. The first kappa shape index (κ1) is 17.4. The molecule has 0 aliphatic carbocycles. The zero-order valence-corrected chi connectivity index (χ0v) is 15.6. The number of carbonyl (C=O) groups excluding carboxylic acids is 1. The van der Waals surface area contributed by atoms with E-state index in [9.17, 15) is 14.7 Å². The number of nitrogens with zero attached hydrogens (tertiary/aromatic N) is 2. The van der Waals surface area contributed by atoms with Gasteiger partial charge in [0, 0.05) is 12.1 Å². The lowest BCUT2D eigenvalue weighted by molar-refractivity contribution is -0.143. The quantitative estimate of drug-likeness (QED) is 0.749.